The first kappa shape index (κ1) is 39.6. The van der Waals surface area contributed by atoms with E-state index in [1.54, 1.807) is 0 Å². The number of fused-ring (bicyclic) bond motifs is 3. The Balaban J connectivity index is 1.29. The molecule has 0 unspecified atom stereocenters. The molecule has 0 spiro atoms. The van der Waals surface area contributed by atoms with Crippen LogP contribution in [0.3, 0.4) is 0 Å². The Hall–Kier alpha value is -6.88. The minimum atomic E-state index is 0.269. The van der Waals surface area contributed by atoms with Gasteiger partial charge >= 0.3 is 0 Å². The van der Waals surface area contributed by atoms with Gasteiger partial charge in [-0.25, -0.2) is 0 Å². The summed E-state index contributed by atoms with van der Waals surface area (Å²) in [7, 11) is 0. The predicted molar refractivity (Wildman–Crippen MR) is 255 cm³/mol. The van der Waals surface area contributed by atoms with Crippen LogP contribution in [0.5, 0.6) is 17.2 Å². The quantitative estimate of drug-likeness (QED) is 0.136. The molecule has 4 nitrogen and oxygen atoms in total. The highest BCUT2D eigenvalue weighted by molar-refractivity contribution is 6.03. The SMILES string of the molecule is Cc1cc(C)c(-c2c(CN(Cc3ccc4ccccc4c3-c3c(C)cc(C)cc3O)Cc3ccc4ccccc4c3-c3c(C)cc(C)cc3O)ccc3ccccc23)c(O)c1. The number of rotatable bonds is 9. The molecule has 9 rings (SSSR count). The molecule has 9 aromatic carbocycles. The van der Waals surface area contributed by atoms with Crippen LogP contribution in [0.25, 0.3) is 65.7 Å². The van der Waals surface area contributed by atoms with Crippen molar-refractivity contribution >= 4 is 32.3 Å². The average molecular weight is 798 g/mol. The summed E-state index contributed by atoms with van der Waals surface area (Å²) in [6.07, 6.45) is 0. The van der Waals surface area contributed by atoms with Crippen molar-refractivity contribution in [3.8, 4) is 50.6 Å². The summed E-state index contributed by atoms with van der Waals surface area (Å²) in [6.45, 7) is 13.9. The highest BCUT2D eigenvalue weighted by Crippen LogP contribution is 2.45. The van der Waals surface area contributed by atoms with E-state index in [-0.39, 0.29) is 17.2 Å². The van der Waals surface area contributed by atoms with Crippen molar-refractivity contribution < 1.29 is 15.3 Å². The first-order valence-corrected chi connectivity index (χ1v) is 21.1. The van der Waals surface area contributed by atoms with E-state index in [0.29, 0.717) is 19.6 Å². The molecule has 0 aromatic heterocycles. The second-order valence-electron chi connectivity index (χ2n) is 17.0. The van der Waals surface area contributed by atoms with Crippen LogP contribution >= 0.6 is 0 Å². The molecule has 302 valence electrons. The summed E-state index contributed by atoms with van der Waals surface area (Å²) in [5, 5.41) is 41.7. The van der Waals surface area contributed by atoms with Gasteiger partial charge in [0.2, 0.25) is 0 Å². The van der Waals surface area contributed by atoms with Crippen LogP contribution in [-0.4, -0.2) is 20.2 Å². The molecule has 0 amide bonds. The van der Waals surface area contributed by atoms with E-state index >= 15 is 0 Å². The maximum atomic E-state index is 11.7. The number of benzene rings is 9. The molecule has 0 radical (unpaired) electrons. The van der Waals surface area contributed by atoms with E-state index in [4.69, 9.17) is 0 Å². The van der Waals surface area contributed by atoms with Crippen LogP contribution in [0, 0.1) is 41.5 Å². The maximum Gasteiger partial charge on any atom is 0.123 e. The van der Waals surface area contributed by atoms with Gasteiger partial charge in [-0.15, -0.1) is 0 Å². The molecule has 3 N–H and O–H groups in total. The average Bonchev–Trinajstić information content (AvgIpc) is 3.21. The summed E-state index contributed by atoms with van der Waals surface area (Å²) in [5.74, 6) is 0.808. The smallest absolute Gasteiger partial charge is 0.123 e. The summed E-state index contributed by atoms with van der Waals surface area (Å²) in [5.41, 5.74) is 15.0. The van der Waals surface area contributed by atoms with E-state index < -0.39 is 0 Å². The lowest BCUT2D eigenvalue weighted by atomic mass is 9.87. The number of aryl methyl sites for hydroxylation is 6. The van der Waals surface area contributed by atoms with Crippen molar-refractivity contribution in [3.05, 3.63) is 196 Å². The lowest BCUT2D eigenvalue weighted by Crippen LogP contribution is -2.24. The normalized spacial score (nSPS) is 11.7. The van der Waals surface area contributed by atoms with Crippen molar-refractivity contribution in [1.29, 1.82) is 0 Å². The van der Waals surface area contributed by atoms with Crippen LogP contribution in [0.2, 0.25) is 0 Å². The number of aromatic hydroxyl groups is 3. The third kappa shape index (κ3) is 7.38. The monoisotopic (exact) mass is 797 g/mol. The van der Waals surface area contributed by atoms with E-state index in [1.807, 2.05) is 39.0 Å². The molecule has 0 saturated carbocycles. The van der Waals surface area contributed by atoms with Crippen LogP contribution in [0.4, 0.5) is 0 Å². The summed E-state index contributed by atoms with van der Waals surface area (Å²) >= 11 is 0. The number of hydrogen-bond acceptors (Lipinski definition) is 4. The van der Waals surface area contributed by atoms with Crippen molar-refractivity contribution in [2.45, 2.75) is 61.2 Å². The van der Waals surface area contributed by atoms with Crippen molar-refractivity contribution in [2.24, 2.45) is 0 Å². The van der Waals surface area contributed by atoms with E-state index in [2.05, 4.69) is 153 Å². The van der Waals surface area contributed by atoms with Gasteiger partial charge in [-0.2, -0.15) is 0 Å². The maximum absolute atomic E-state index is 11.7. The fourth-order valence-corrected chi connectivity index (χ4v) is 9.93. The van der Waals surface area contributed by atoms with Gasteiger partial charge in [-0.05, 0) is 159 Å². The van der Waals surface area contributed by atoms with E-state index in [1.165, 1.54) is 0 Å². The summed E-state index contributed by atoms with van der Waals surface area (Å²) in [4.78, 5) is 2.48. The molecule has 0 fully saturated rings. The molecule has 9 aromatic rings. The van der Waals surface area contributed by atoms with Crippen molar-refractivity contribution in [2.75, 3.05) is 0 Å². The van der Waals surface area contributed by atoms with Crippen LogP contribution < -0.4 is 0 Å². The Labute approximate surface area is 358 Å². The zero-order chi connectivity index (χ0) is 42.5. The Kier molecular flexibility index (Phi) is 10.3. The minimum absolute atomic E-state index is 0.269. The predicted octanol–water partition coefficient (Wildman–Crippen LogP) is 14.3. The largest absolute Gasteiger partial charge is 0.507 e. The molecule has 0 aliphatic heterocycles. The first-order chi connectivity index (χ1) is 29.4. The fraction of sp³-hybridized carbons (Fsp3) is 0.158. The molecule has 0 aliphatic rings. The van der Waals surface area contributed by atoms with Gasteiger partial charge in [0, 0.05) is 36.3 Å². The highest BCUT2D eigenvalue weighted by Gasteiger charge is 2.24. The van der Waals surface area contributed by atoms with Gasteiger partial charge in [0.1, 0.15) is 17.2 Å². The molecule has 0 atom stereocenters. The third-order valence-electron chi connectivity index (χ3n) is 12.4. The summed E-state index contributed by atoms with van der Waals surface area (Å²) < 4.78 is 0. The van der Waals surface area contributed by atoms with E-state index in [0.717, 1.165) is 116 Å². The fourth-order valence-electron chi connectivity index (χ4n) is 9.93. The van der Waals surface area contributed by atoms with Crippen molar-refractivity contribution in [1.82, 2.24) is 4.90 Å². The topological polar surface area (TPSA) is 63.9 Å². The van der Waals surface area contributed by atoms with Gasteiger partial charge in [-0.3, -0.25) is 4.90 Å². The molecule has 4 heteroatoms. The Morgan fingerprint density at radius 3 is 0.885 bits per heavy atom. The van der Waals surface area contributed by atoms with Gasteiger partial charge in [0.25, 0.3) is 0 Å². The zero-order valence-corrected chi connectivity index (χ0v) is 35.8. The Morgan fingerprint density at radius 1 is 0.328 bits per heavy atom. The molecule has 0 aliphatic carbocycles. The molecule has 61 heavy (non-hydrogen) atoms. The van der Waals surface area contributed by atoms with Crippen LogP contribution in [-0.2, 0) is 19.6 Å². The second-order valence-corrected chi connectivity index (χ2v) is 17.0. The third-order valence-corrected chi connectivity index (χ3v) is 12.4. The number of hydrogen-bond donors (Lipinski definition) is 3. The first-order valence-electron chi connectivity index (χ1n) is 21.1. The molecule has 0 bridgehead atoms. The minimum Gasteiger partial charge on any atom is -0.507 e. The van der Waals surface area contributed by atoms with E-state index in [9.17, 15) is 15.3 Å². The highest BCUT2D eigenvalue weighted by atomic mass is 16.3. The lowest BCUT2D eigenvalue weighted by molar-refractivity contribution is 0.249. The zero-order valence-electron chi connectivity index (χ0n) is 35.8. The number of phenols is 3. The molecule has 0 heterocycles. The Bertz CT molecular complexity index is 2770. The second kappa shape index (κ2) is 15.9. The summed E-state index contributed by atoms with van der Waals surface area (Å²) in [6, 6.07) is 50.6. The standard InChI is InChI=1S/C57H51NO3/c1-34-25-37(4)52(49(59)28-34)55-43(22-19-40-13-7-10-16-46(40)55)31-58(32-44-23-20-41-14-8-11-17-47(41)56(44)53-38(5)26-35(2)29-50(53)60)33-45-24-21-42-15-9-12-18-48(42)57(45)54-39(6)27-36(3)30-51(54)61/h7-30,59-61H,31-33H2,1-6H3. The van der Waals surface area contributed by atoms with Crippen molar-refractivity contribution in [3.63, 3.8) is 0 Å². The molecule has 0 saturated heterocycles. The van der Waals surface area contributed by atoms with Crippen LogP contribution in [0.1, 0.15) is 50.1 Å². The van der Waals surface area contributed by atoms with Crippen LogP contribution in [0.15, 0.2) is 146 Å². The number of nitrogens with zero attached hydrogens (tertiary/aromatic N) is 1. The van der Waals surface area contributed by atoms with Gasteiger partial charge in [-0.1, -0.05) is 127 Å². The molecular formula is C57H51NO3. The van der Waals surface area contributed by atoms with Gasteiger partial charge in [0.15, 0.2) is 0 Å². The number of phenolic OH excluding ortho intramolecular Hbond substituents is 3. The Morgan fingerprint density at radius 2 is 0.607 bits per heavy atom. The lowest BCUT2D eigenvalue weighted by Gasteiger charge is -2.29. The van der Waals surface area contributed by atoms with Gasteiger partial charge < -0.3 is 15.3 Å². The van der Waals surface area contributed by atoms with Gasteiger partial charge in [0.05, 0.1) is 0 Å². The molecular weight excluding hydrogens is 747 g/mol.